The van der Waals surface area contributed by atoms with Crippen molar-refractivity contribution in [3.8, 4) is 0 Å². The van der Waals surface area contributed by atoms with Crippen molar-refractivity contribution in [3.05, 3.63) is 71.3 Å². The van der Waals surface area contributed by atoms with Gasteiger partial charge in [-0.15, -0.1) is 0 Å². The monoisotopic (exact) mass is 383 g/mol. The maximum atomic E-state index is 6.07. The van der Waals surface area contributed by atoms with Gasteiger partial charge in [0, 0.05) is 28.2 Å². The summed E-state index contributed by atoms with van der Waals surface area (Å²) < 4.78 is 6.07. The van der Waals surface area contributed by atoms with Crippen molar-refractivity contribution in [2.75, 3.05) is 5.32 Å². The zero-order valence-corrected chi connectivity index (χ0v) is 18.0. The van der Waals surface area contributed by atoms with Gasteiger partial charge >= 0.3 is 0 Å². The maximum absolute atomic E-state index is 6.07. The molecule has 0 fully saturated rings. The van der Waals surface area contributed by atoms with Crippen molar-refractivity contribution in [1.29, 1.82) is 0 Å². The average Bonchev–Trinajstić information content (AvgIpc) is 3.04. The normalized spacial score (nSPS) is 17.4. The van der Waals surface area contributed by atoms with Gasteiger partial charge in [-0.3, -0.25) is 0 Å². The van der Waals surface area contributed by atoms with E-state index in [2.05, 4.69) is 82.4 Å². The van der Waals surface area contributed by atoms with Crippen LogP contribution in [-0.4, -0.2) is 0 Å². The molecule has 4 aromatic rings. The Balaban J connectivity index is 1.58. The fraction of sp³-hybridized carbons (Fsp3) is 0.333. The second-order valence-corrected chi connectivity index (χ2v) is 9.91. The predicted molar refractivity (Wildman–Crippen MR) is 123 cm³/mol. The number of rotatable bonds is 2. The Hall–Kier alpha value is -2.74. The number of nitrogens with one attached hydrogen (secondary N) is 1. The SMILES string of the molecule is Cc1cc2c(cc1Nc1ccc3c(c1)oc1ccccc13)C(C)(C)CCC2(C)C. The molecule has 1 aliphatic rings. The number of aryl methyl sites for hydroxylation is 1. The summed E-state index contributed by atoms with van der Waals surface area (Å²) in [6.07, 6.45) is 2.46. The molecule has 1 heterocycles. The van der Waals surface area contributed by atoms with E-state index in [1.165, 1.54) is 40.6 Å². The van der Waals surface area contributed by atoms with Crippen molar-refractivity contribution < 1.29 is 4.42 Å². The van der Waals surface area contributed by atoms with Gasteiger partial charge in [0.05, 0.1) is 0 Å². The molecule has 148 valence electrons. The summed E-state index contributed by atoms with van der Waals surface area (Å²) in [6.45, 7) is 11.7. The van der Waals surface area contributed by atoms with Gasteiger partial charge in [0.15, 0.2) is 0 Å². The molecule has 0 radical (unpaired) electrons. The molecule has 0 unspecified atom stereocenters. The summed E-state index contributed by atoms with van der Waals surface area (Å²) >= 11 is 0. The predicted octanol–water partition coefficient (Wildman–Crippen LogP) is 7.99. The van der Waals surface area contributed by atoms with Crippen LogP contribution in [0.5, 0.6) is 0 Å². The van der Waals surface area contributed by atoms with E-state index < -0.39 is 0 Å². The molecular weight excluding hydrogens is 354 g/mol. The molecule has 0 atom stereocenters. The van der Waals surface area contributed by atoms with E-state index in [1.807, 2.05) is 12.1 Å². The Kier molecular flexibility index (Phi) is 3.87. The van der Waals surface area contributed by atoms with E-state index >= 15 is 0 Å². The smallest absolute Gasteiger partial charge is 0.137 e. The Morgan fingerprint density at radius 1 is 0.759 bits per heavy atom. The van der Waals surface area contributed by atoms with Crippen LogP contribution in [0.1, 0.15) is 57.2 Å². The molecule has 0 saturated heterocycles. The third-order valence-electron chi connectivity index (χ3n) is 6.86. The van der Waals surface area contributed by atoms with E-state index in [-0.39, 0.29) is 10.8 Å². The van der Waals surface area contributed by atoms with Crippen molar-refractivity contribution in [3.63, 3.8) is 0 Å². The van der Waals surface area contributed by atoms with Crippen LogP contribution in [0.3, 0.4) is 0 Å². The van der Waals surface area contributed by atoms with Crippen LogP contribution in [-0.2, 0) is 10.8 Å². The lowest BCUT2D eigenvalue weighted by Gasteiger charge is -2.42. The first-order valence-electron chi connectivity index (χ1n) is 10.6. The van der Waals surface area contributed by atoms with Gasteiger partial charge in [0.1, 0.15) is 11.2 Å². The van der Waals surface area contributed by atoms with E-state index in [0.717, 1.165) is 22.2 Å². The standard InChI is InChI=1S/C27H29NO/c1-17-14-21-22(27(4,5)13-12-26(21,2)3)16-23(17)28-18-10-11-20-19-8-6-7-9-24(19)29-25(20)15-18/h6-11,14-16,28H,12-13H2,1-5H3. The topological polar surface area (TPSA) is 25.2 Å². The van der Waals surface area contributed by atoms with Crippen LogP contribution in [0.25, 0.3) is 21.9 Å². The van der Waals surface area contributed by atoms with Gasteiger partial charge < -0.3 is 9.73 Å². The van der Waals surface area contributed by atoms with Crippen molar-refractivity contribution in [2.45, 2.75) is 58.3 Å². The fourth-order valence-corrected chi connectivity index (χ4v) is 4.82. The van der Waals surface area contributed by atoms with E-state index in [0.29, 0.717) is 0 Å². The highest BCUT2D eigenvalue weighted by Crippen LogP contribution is 2.47. The summed E-state index contributed by atoms with van der Waals surface area (Å²) in [5.41, 5.74) is 8.83. The summed E-state index contributed by atoms with van der Waals surface area (Å²) in [5, 5.41) is 6.00. The molecule has 0 spiro atoms. The van der Waals surface area contributed by atoms with Crippen molar-refractivity contribution in [1.82, 2.24) is 0 Å². The highest BCUT2D eigenvalue weighted by Gasteiger charge is 2.37. The van der Waals surface area contributed by atoms with Crippen LogP contribution in [0, 0.1) is 6.92 Å². The lowest BCUT2D eigenvalue weighted by Crippen LogP contribution is -2.34. The minimum atomic E-state index is 0.206. The van der Waals surface area contributed by atoms with Gasteiger partial charge in [-0.1, -0.05) is 52.0 Å². The van der Waals surface area contributed by atoms with Crippen LogP contribution in [0.15, 0.2) is 59.0 Å². The van der Waals surface area contributed by atoms with Crippen LogP contribution < -0.4 is 5.32 Å². The van der Waals surface area contributed by atoms with E-state index in [4.69, 9.17) is 4.42 Å². The number of para-hydroxylation sites is 1. The quantitative estimate of drug-likeness (QED) is 0.379. The zero-order valence-electron chi connectivity index (χ0n) is 18.0. The van der Waals surface area contributed by atoms with E-state index in [1.54, 1.807) is 0 Å². The van der Waals surface area contributed by atoms with Crippen LogP contribution in [0.2, 0.25) is 0 Å². The molecular formula is C27H29NO. The first-order valence-corrected chi connectivity index (χ1v) is 10.6. The molecule has 1 N–H and O–H groups in total. The molecule has 1 aliphatic carbocycles. The average molecular weight is 384 g/mol. The summed E-state index contributed by atoms with van der Waals surface area (Å²) in [4.78, 5) is 0. The van der Waals surface area contributed by atoms with Gasteiger partial charge in [-0.05, 0) is 71.6 Å². The second kappa shape index (κ2) is 6.13. The Morgan fingerprint density at radius 2 is 1.41 bits per heavy atom. The van der Waals surface area contributed by atoms with Crippen LogP contribution in [0.4, 0.5) is 11.4 Å². The lowest BCUT2D eigenvalue weighted by molar-refractivity contribution is 0.332. The minimum Gasteiger partial charge on any atom is -0.456 e. The molecule has 3 aromatic carbocycles. The van der Waals surface area contributed by atoms with Crippen LogP contribution >= 0.6 is 0 Å². The van der Waals surface area contributed by atoms with Crippen molar-refractivity contribution in [2.24, 2.45) is 0 Å². The molecule has 0 amide bonds. The van der Waals surface area contributed by atoms with Gasteiger partial charge in [-0.2, -0.15) is 0 Å². The molecule has 29 heavy (non-hydrogen) atoms. The number of fused-ring (bicyclic) bond motifs is 4. The molecule has 0 aliphatic heterocycles. The number of benzene rings is 3. The molecule has 2 heteroatoms. The summed E-state index contributed by atoms with van der Waals surface area (Å²) in [7, 11) is 0. The van der Waals surface area contributed by atoms with Gasteiger partial charge in [0.25, 0.3) is 0 Å². The molecule has 5 rings (SSSR count). The Labute approximate surface area is 172 Å². The van der Waals surface area contributed by atoms with Crippen molar-refractivity contribution >= 4 is 33.3 Å². The highest BCUT2D eigenvalue weighted by atomic mass is 16.3. The lowest BCUT2D eigenvalue weighted by atomic mass is 9.63. The first kappa shape index (κ1) is 18.3. The summed E-state index contributed by atoms with van der Waals surface area (Å²) in [5.74, 6) is 0. The fourth-order valence-electron chi connectivity index (χ4n) is 4.82. The number of hydrogen-bond donors (Lipinski definition) is 1. The number of anilines is 2. The second-order valence-electron chi connectivity index (χ2n) is 9.91. The van der Waals surface area contributed by atoms with E-state index in [9.17, 15) is 0 Å². The van der Waals surface area contributed by atoms with Gasteiger partial charge in [-0.25, -0.2) is 0 Å². The number of hydrogen-bond acceptors (Lipinski definition) is 2. The Bertz CT molecular complexity index is 1240. The zero-order chi connectivity index (χ0) is 20.4. The molecule has 0 bridgehead atoms. The Morgan fingerprint density at radius 3 is 2.17 bits per heavy atom. The number of furan rings is 1. The largest absolute Gasteiger partial charge is 0.456 e. The highest BCUT2D eigenvalue weighted by molar-refractivity contribution is 6.05. The molecule has 1 aromatic heterocycles. The molecule has 2 nitrogen and oxygen atoms in total. The van der Waals surface area contributed by atoms with Gasteiger partial charge in [0.2, 0.25) is 0 Å². The summed E-state index contributed by atoms with van der Waals surface area (Å²) in [6, 6.07) is 19.4. The molecule has 0 saturated carbocycles. The third kappa shape index (κ3) is 2.93. The maximum Gasteiger partial charge on any atom is 0.137 e. The first-order chi connectivity index (χ1) is 13.7. The third-order valence-corrected chi connectivity index (χ3v) is 6.86. The minimum absolute atomic E-state index is 0.206.